The second kappa shape index (κ2) is 5.90. The van der Waals surface area contributed by atoms with Crippen molar-refractivity contribution in [3.8, 4) is 0 Å². The van der Waals surface area contributed by atoms with E-state index in [1.807, 2.05) is 26.1 Å². The first-order valence-corrected chi connectivity index (χ1v) is 5.31. The van der Waals surface area contributed by atoms with Gasteiger partial charge in [-0.3, -0.25) is 0 Å². The van der Waals surface area contributed by atoms with Crippen molar-refractivity contribution in [1.82, 2.24) is 4.90 Å². The van der Waals surface area contributed by atoms with Gasteiger partial charge in [0.1, 0.15) is 11.5 Å². The maximum Gasteiger partial charge on any atom is 0.105 e. The van der Waals surface area contributed by atoms with E-state index in [4.69, 9.17) is 15.9 Å². The summed E-state index contributed by atoms with van der Waals surface area (Å²) in [6.07, 6.45) is 0.918. The second-order valence-electron chi connectivity index (χ2n) is 4.02. The van der Waals surface area contributed by atoms with Crippen LogP contribution in [0.15, 0.2) is 16.5 Å². The number of rotatable bonds is 6. The first-order chi connectivity index (χ1) is 7.11. The van der Waals surface area contributed by atoms with E-state index < -0.39 is 0 Å². The lowest BCUT2D eigenvalue weighted by Crippen LogP contribution is -2.41. The third kappa shape index (κ3) is 4.46. The van der Waals surface area contributed by atoms with Gasteiger partial charge >= 0.3 is 0 Å². The zero-order valence-corrected chi connectivity index (χ0v) is 9.57. The number of likely N-dealkylation sites (N-methyl/N-ethyl adjacent to an activating group) is 1. The van der Waals surface area contributed by atoms with E-state index in [0.717, 1.165) is 31.0 Å². The lowest BCUT2D eigenvalue weighted by atomic mass is 10.2. The van der Waals surface area contributed by atoms with Crippen LogP contribution in [-0.4, -0.2) is 37.6 Å². The molecular weight excluding hydrogens is 190 g/mol. The Labute approximate surface area is 91.2 Å². The maximum absolute atomic E-state index is 5.76. The minimum absolute atomic E-state index is 0.0633. The molecule has 86 valence electrons. The summed E-state index contributed by atoms with van der Waals surface area (Å²) in [6.45, 7) is 4.26. The van der Waals surface area contributed by atoms with Crippen molar-refractivity contribution in [3.63, 3.8) is 0 Å². The minimum Gasteiger partial charge on any atom is -0.466 e. The van der Waals surface area contributed by atoms with Gasteiger partial charge < -0.3 is 20.8 Å². The van der Waals surface area contributed by atoms with Crippen LogP contribution in [0.1, 0.15) is 11.5 Å². The number of furan rings is 1. The summed E-state index contributed by atoms with van der Waals surface area (Å²) >= 11 is 0. The summed E-state index contributed by atoms with van der Waals surface area (Å²) in [5, 5.41) is 0. The highest BCUT2D eigenvalue weighted by molar-refractivity contribution is 5.05. The van der Waals surface area contributed by atoms with Crippen LogP contribution in [0.2, 0.25) is 0 Å². The van der Waals surface area contributed by atoms with Crippen molar-refractivity contribution in [1.29, 1.82) is 0 Å². The zero-order valence-electron chi connectivity index (χ0n) is 9.57. The Morgan fingerprint density at radius 2 is 2.20 bits per heavy atom. The fourth-order valence-electron chi connectivity index (χ4n) is 1.49. The third-order valence-corrected chi connectivity index (χ3v) is 2.38. The lowest BCUT2D eigenvalue weighted by molar-refractivity contribution is 0.306. The van der Waals surface area contributed by atoms with Crippen molar-refractivity contribution in [3.05, 3.63) is 23.7 Å². The number of nitrogens with zero attached hydrogens (tertiary/aromatic N) is 1. The molecule has 1 unspecified atom stereocenters. The van der Waals surface area contributed by atoms with Crippen molar-refractivity contribution < 1.29 is 4.42 Å². The summed E-state index contributed by atoms with van der Waals surface area (Å²) in [6, 6.07) is 4.07. The lowest BCUT2D eigenvalue weighted by Gasteiger charge is -2.19. The fourth-order valence-corrected chi connectivity index (χ4v) is 1.49. The molecule has 4 nitrogen and oxygen atoms in total. The van der Waals surface area contributed by atoms with E-state index in [0.29, 0.717) is 6.54 Å². The van der Waals surface area contributed by atoms with Crippen molar-refractivity contribution in [2.75, 3.05) is 26.7 Å². The Bertz CT molecular complexity index is 285. The Kier molecular flexibility index (Phi) is 4.81. The third-order valence-electron chi connectivity index (χ3n) is 2.38. The Hall–Kier alpha value is -0.840. The largest absolute Gasteiger partial charge is 0.466 e. The van der Waals surface area contributed by atoms with E-state index in [2.05, 4.69) is 4.90 Å². The predicted molar refractivity (Wildman–Crippen MR) is 61.7 cm³/mol. The van der Waals surface area contributed by atoms with E-state index in [1.54, 1.807) is 0 Å². The predicted octanol–water partition coefficient (Wildman–Crippen LogP) is 0.348. The molecule has 0 fully saturated rings. The Morgan fingerprint density at radius 3 is 2.73 bits per heavy atom. The first-order valence-electron chi connectivity index (χ1n) is 5.31. The SMILES string of the molecule is Cc1ccc(CCN(C)CC(N)CN)o1. The van der Waals surface area contributed by atoms with Gasteiger partial charge in [-0.05, 0) is 26.1 Å². The van der Waals surface area contributed by atoms with Crippen LogP contribution in [0.4, 0.5) is 0 Å². The molecule has 0 aliphatic rings. The second-order valence-corrected chi connectivity index (χ2v) is 4.02. The average molecular weight is 211 g/mol. The monoisotopic (exact) mass is 211 g/mol. The molecule has 0 saturated carbocycles. The highest BCUT2D eigenvalue weighted by Gasteiger charge is 2.06. The van der Waals surface area contributed by atoms with Gasteiger partial charge in [-0.25, -0.2) is 0 Å². The maximum atomic E-state index is 5.76. The molecule has 0 saturated heterocycles. The molecule has 0 aromatic carbocycles. The number of hydrogen-bond acceptors (Lipinski definition) is 4. The van der Waals surface area contributed by atoms with E-state index in [-0.39, 0.29) is 6.04 Å². The molecule has 1 rings (SSSR count). The molecule has 1 aromatic heterocycles. The van der Waals surface area contributed by atoms with Gasteiger partial charge in [-0.2, -0.15) is 0 Å². The molecule has 1 atom stereocenters. The molecule has 1 aromatic rings. The van der Waals surface area contributed by atoms with Crippen LogP contribution < -0.4 is 11.5 Å². The smallest absolute Gasteiger partial charge is 0.105 e. The molecule has 0 spiro atoms. The summed E-state index contributed by atoms with van der Waals surface area (Å²) in [5.41, 5.74) is 11.2. The minimum atomic E-state index is 0.0633. The van der Waals surface area contributed by atoms with E-state index >= 15 is 0 Å². The highest BCUT2D eigenvalue weighted by Crippen LogP contribution is 2.07. The van der Waals surface area contributed by atoms with E-state index in [9.17, 15) is 0 Å². The quantitative estimate of drug-likeness (QED) is 0.712. The first kappa shape index (κ1) is 12.2. The van der Waals surface area contributed by atoms with Gasteiger partial charge in [0, 0.05) is 32.1 Å². The van der Waals surface area contributed by atoms with Gasteiger partial charge in [0.25, 0.3) is 0 Å². The molecule has 1 heterocycles. The van der Waals surface area contributed by atoms with Crippen LogP contribution in [0.25, 0.3) is 0 Å². The van der Waals surface area contributed by atoms with Crippen molar-refractivity contribution in [2.45, 2.75) is 19.4 Å². The van der Waals surface area contributed by atoms with Crippen LogP contribution in [0.3, 0.4) is 0 Å². The van der Waals surface area contributed by atoms with Gasteiger partial charge in [0.05, 0.1) is 0 Å². The van der Waals surface area contributed by atoms with Crippen LogP contribution in [-0.2, 0) is 6.42 Å². The number of hydrogen-bond donors (Lipinski definition) is 2. The number of nitrogens with two attached hydrogens (primary N) is 2. The zero-order chi connectivity index (χ0) is 11.3. The normalized spacial score (nSPS) is 13.4. The summed E-state index contributed by atoms with van der Waals surface area (Å²) in [5.74, 6) is 1.99. The molecule has 15 heavy (non-hydrogen) atoms. The molecule has 4 N–H and O–H groups in total. The molecule has 0 aliphatic carbocycles. The van der Waals surface area contributed by atoms with Crippen molar-refractivity contribution in [2.24, 2.45) is 11.5 Å². The van der Waals surface area contributed by atoms with Gasteiger partial charge in [-0.15, -0.1) is 0 Å². The summed E-state index contributed by atoms with van der Waals surface area (Å²) < 4.78 is 5.48. The number of aryl methyl sites for hydroxylation is 1. The van der Waals surface area contributed by atoms with Gasteiger partial charge in [0.15, 0.2) is 0 Å². The molecular formula is C11H21N3O. The van der Waals surface area contributed by atoms with Crippen LogP contribution in [0.5, 0.6) is 0 Å². The standard InChI is InChI=1S/C11H21N3O/c1-9-3-4-11(15-9)5-6-14(2)8-10(13)7-12/h3-4,10H,5-8,12-13H2,1-2H3. The molecule has 0 aliphatic heterocycles. The molecule has 0 radical (unpaired) electrons. The van der Waals surface area contributed by atoms with Crippen LogP contribution in [0, 0.1) is 6.92 Å². The summed E-state index contributed by atoms with van der Waals surface area (Å²) in [4.78, 5) is 2.18. The van der Waals surface area contributed by atoms with Gasteiger partial charge in [0.2, 0.25) is 0 Å². The summed E-state index contributed by atoms with van der Waals surface area (Å²) in [7, 11) is 2.05. The molecule has 0 bridgehead atoms. The molecule has 4 heteroatoms. The van der Waals surface area contributed by atoms with Gasteiger partial charge in [-0.1, -0.05) is 0 Å². The highest BCUT2D eigenvalue weighted by atomic mass is 16.3. The van der Waals surface area contributed by atoms with Crippen LogP contribution >= 0.6 is 0 Å². The van der Waals surface area contributed by atoms with Crippen molar-refractivity contribution >= 4 is 0 Å². The average Bonchev–Trinajstić information content (AvgIpc) is 2.61. The Balaban J connectivity index is 2.25. The van der Waals surface area contributed by atoms with E-state index in [1.165, 1.54) is 0 Å². The Morgan fingerprint density at radius 1 is 1.47 bits per heavy atom. The topological polar surface area (TPSA) is 68.4 Å². The molecule has 0 amide bonds. The fraction of sp³-hybridized carbons (Fsp3) is 0.636.